The van der Waals surface area contributed by atoms with Gasteiger partial charge in [0.2, 0.25) is 0 Å². The summed E-state index contributed by atoms with van der Waals surface area (Å²) in [6.07, 6.45) is 1.90. The number of rotatable bonds is 1. The molecule has 0 saturated carbocycles. The lowest BCUT2D eigenvalue weighted by Crippen LogP contribution is -2.33. The summed E-state index contributed by atoms with van der Waals surface area (Å²) in [7, 11) is 0. The van der Waals surface area contributed by atoms with E-state index in [1.54, 1.807) is 0 Å². The van der Waals surface area contributed by atoms with Gasteiger partial charge in [0.05, 0.1) is 0 Å². The highest BCUT2D eigenvalue weighted by Crippen LogP contribution is 2.17. The molecule has 2 heterocycles. The van der Waals surface area contributed by atoms with Crippen molar-refractivity contribution in [3.8, 4) is 0 Å². The van der Waals surface area contributed by atoms with Crippen LogP contribution in [0, 0.1) is 6.92 Å². The van der Waals surface area contributed by atoms with E-state index in [1.807, 2.05) is 51.7 Å². The minimum Gasteiger partial charge on any atom is -0.355 e. The molecule has 0 unspecified atom stereocenters. The third-order valence-corrected chi connectivity index (χ3v) is 3.18. The van der Waals surface area contributed by atoms with Gasteiger partial charge in [-0.05, 0) is 24.6 Å². The van der Waals surface area contributed by atoms with E-state index in [0.29, 0.717) is 0 Å². The Morgan fingerprint density at radius 3 is 2.24 bits per heavy atom. The molecule has 98 valence electrons. The summed E-state index contributed by atoms with van der Waals surface area (Å²) in [4.78, 5) is 6.74. The molecule has 2 nitrogen and oxygen atoms in total. The van der Waals surface area contributed by atoms with Crippen LogP contribution in [0.25, 0.3) is 0 Å². The van der Waals surface area contributed by atoms with Gasteiger partial charge < -0.3 is 4.90 Å². The molecule has 1 fully saturated rings. The standard InChI is InChI=1S/C10H14N2S.2C2H6/c1-9-2-3-11-10(8-9)12-4-6-13-7-5-12;2*1-2/h2-3,8H,4-7H2,1H3;2*1-2H3. The SMILES string of the molecule is CC.CC.Cc1ccnc(N2CCSCC2)c1. The number of aromatic nitrogens is 1. The van der Waals surface area contributed by atoms with Gasteiger partial charge in [0.1, 0.15) is 5.82 Å². The van der Waals surface area contributed by atoms with Crippen LogP contribution in [-0.2, 0) is 0 Å². The fourth-order valence-electron chi connectivity index (χ4n) is 1.49. The predicted octanol–water partition coefficient (Wildman–Crippen LogP) is 4.00. The number of hydrogen-bond acceptors (Lipinski definition) is 3. The highest BCUT2D eigenvalue weighted by molar-refractivity contribution is 7.99. The first kappa shape index (κ1) is 16.3. The molecular weight excluding hydrogens is 228 g/mol. The predicted molar refractivity (Wildman–Crippen MR) is 81.2 cm³/mol. The average molecular weight is 254 g/mol. The van der Waals surface area contributed by atoms with Crippen LogP contribution in [0.5, 0.6) is 0 Å². The molecule has 0 aromatic carbocycles. The summed E-state index contributed by atoms with van der Waals surface area (Å²) in [5, 5.41) is 0. The highest BCUT2D eigenvalue weighted by Gasteiger charge is 2.11. The molecule has 1 aliphatic rings. The fourth-order valence-corrected chi connectivity index (χ4v) is 2.39. The average Bonchev–Trinajstić information content (AvgIpc) is 2.44. The molecule has 0 aliphatic carbocycles. The van der Waals surface area contributed by atoms with Crippen LogP contribution in [0.1, 0.15) is 33.3 Å². The number of anilines is 1. The summed E-state index contributed by atoms with van der Waals surface area (Å²) in [5.41, 5.74) is 1.29. The number of hydrogen-bond donors (Lipinski definition) is 0. The Hall–Kier alpha value is -0.700. The van der Waals surface area contributed by atoms with E-state index < -0.39 is 0 Å². The number of nitrogens with zero attached hydrogens (tertiary/aromatic N) is 2. The highest BCUT2D eigenvalue weighted by atomic mass is 32.2. The second-order valence-corrected chi connectivity index (χ2v) is 4.52. The maximum atomic E-state index is 4.38. The summed E-state index contributed by atoms with van der Waals surface area (Å²) in [6, 6.07) is 4.21. The van der Waals surface area contributed by atoms with Crippen LogP contribution in [0.2, 0.25) is 0 Å². The van der Waals surface area contributed by atoms with Crippen LogP contribution in [0.3, 0.4) is 0 Å². The van der Waals surface area contributed by atoms with E-state index in [9.17, 15) is 0 Å². The number of thioether (sulfide) groups is 1. The Bertz CT molecular complexity index is 283. The molecule has 2 rings (SSSR count). The summed E-state index contributed by atoms with van der Waals surface area (Å²) in [5.74, 6) is 3.60. The van der Waals surface area contributed by atoms with Gasteiger partial charge in [0.15, 0.2) is 0 Å². The van der Waals surface area contributed by atoms with Gasteiger partial charge in [0.25, 0.3) is 0 Å². The van der Waals surface area contributed by atoms with Crippen molar-refractivity contribution in [3.05, 3.63) is 23.9 Å². The zero-order valence-electron chi connectivity index (χ0n) is 11.9. The molecule has 0 atom stereocenters. The third kappa shape index (κ3) is 5.97. The zero-order chi connectivity index (χ0) is 13.1. The first-order valence-corrected chi connectivity index (χ1v) is 7.77. The lowest BCUT2D eigenvalue weighted by Gasteiger charge is -2.27. The Kier molecular flexibility index (Phi) is 10.0. The molecule has 0 bridgehead atoms. The van der Waals surface area contributed by atoms with E-state index in [0.717, 1.165) is 18.9 Å². The molecule has 1 aromatic rings. The van der Waals surface area contributed by atoms with Crippen LogP contribution in [-0.4, -0.2) is 29.6 Å². The molecule has 3 heteroatoms. The van der Waals surface area contributed by atoms with E-state index >= 15 is 0 Å². The largest absolute Gasteiger partial charge is 0.355 e. The fraction of sp³-hybridized carbons (Fsp3) is 0.643. The second kappa shape index (κ2) is 10.5. The van der Waals surface area contributed by atoms with Crippen molar-refractivity contribution in [2.24, 2.45) is 0 Å². The molecule has 0 spiro atoms. The molecule has 0 N–H and O–H groups in total. The van der Waals surface area contributed by atoms with Crippen molar-refractivity contribution in [2.45, 2.75) is 34.6 Å². The monoisotopic (exact) mass is 254 g/mol. The number of pyridine rings is 1. The van der Waals surface area contributed by atoms with Gasteiger partial charge >= 0.3 is 0 Å². The van der Waals surface area contributed by atoms with Crippen LogP contribution in [0.4, 0.5) is 5.82 Å². The molecule has 1 saturated heterocycles. The van der Waals surface area contributed by atoms with Gasteiger partial charge in [-0.1, -0.05) is 27.7 Å². The van der Waals surface area contributed by atoms with Crippen molar-refractivity contribution in [2.75, 3.05) is 29.5 Å². The summed E-state index contributed by atoms with van der Waals surface area (Å²) in [6.45, 7) is 12.4. The van der Waals surface area contributed by atoms with E-state index in [2.05, 4.69) is 22.9 Å². The Morgan fingerprint density at radius 1 is 1.12 bits per heavy atom. The number of aryl methyl sites for hydroxylation is 1. The molecule has 17 heavy (non-hydrogen) atoms. The van der Waals surface area contributed by atoms with E-state index in [4.69, 9.17) is 0 Å². The van der Waals surface area contributed by atoms with Crippen molar-refractivity contribution in [1.29, 1.82) is 0 Å². The second-order valence-electron chi connectivity index (χ2n) is 3.29. The van der Waals surface area contributed by atoms with Gasteiger partial charge in [-0.3, -0.25) is 0 Å². The van der Waals surface area contributed by atoms with Crippen LogP contribution < -0.4 is 4.90 Å². The Morgan fingerprint density at radius 2 is 1.71 bits per heavy atom. The van der Waals surface area contributed by atoms with E-state index in [-0.39, 0.29) is 0 Å². The van der Waals surface area contributed by atoms with Gasteiger partial charge in [-0.15, -0.1) is 0 Å². The van der Waals surface area contributed by atoms with Crippen molar-refractivity contribution >= 4 is 17.6 Å². The summed E-state index contributed by atoms with van der Waals surface area (Å²) < 4.78 is 0. The quantitative estimate of drug-likeness (QED) is 0.753. The Balaban J connectivity index is 0.000000581. The van der Waals surface area contributed by atoms with Crippen molar-refractivity contribution in [3.63, 3.8) is 0 Å². The third-order valence-electron chi connectivity index (χ3n) is 2.24. The molecular formula is C14H26N2S. The van der Waals surface area contributed by atoms with Crippen LogP contribution >= 0.6 is 11.8 Å². The van der Waals surface area contributed by atoms with Crippen LogP contribution in [0.15, 0.2) is 18.3 Å². The molecule has 1 aliphatic heterocycles. The lowest BCUT2D eigenvalue weighted by molar-refractivity contribution is 0.838. The molecule has 1 aromatic heterocycles. The Labute approximate surface area is 111 Å². The summed E-state index contributed by atoms with van der Waals surface area (Å²) >= 11 is 2.03. The minimum absolute atomic E-state index is 1.14. The van der Waals surface area contributed by atoms with E-state index in [1.165, 1.54) is 17.1 Å². The molecule has 0 amide bonds. The van der Waals surface area contributed by atoms with Gasteiger partial charge in [-0.25, -0.2) is 4.98 Å². The first-order valence-electron chi connectivity index (χ1n) is 6.61. The zero-order valence-corrected chi connectivity index (χ0v) is 12.7. The van der Waals surface area contributed by atoms with Crippen molar-refractivity contribution < 1.29 is 0 Å². The minimum atomic E-state index is 1.14. The van der Waals surface area contributed by atoms with Crippen molar-refractivity contribution in [1.82, 2.24) is 4.98 Å². The molecule has 0 radical (unpaired) electrons. The normalized spacial score (nSPS) is 14.1. The van der Waals surface area contributed by atoms with Gasteiger partial charge in [0, 0.05) is 30.8 Å². The maximum absolute atomic E-state index is 4.38. The van der Waals surface area contributed by atoms with Gasteiger partial charge in [-0.2, -0.15) is 11.8 Å². The maximum Gasteiger partial charge on any atom is 0.128 e. The lowest BCUT2D eigenvalue weighted by atomic mass is 10.3. The smallest absolute Gasteiger partial charge is 0.128 e. The topological polar surface area (TPSA) is 16.1 Å². The first-order chi connectivity index (χ1) is 8.36.